The lowest BCUT2D eigenvalue weighted by atomic mass is 10.2. The van der Waals surface area contributed by atoms with Gasteiger partial charge in [0.15, 0.2) is 0 Å². The third-order valence-corrected chi connectivity index (χ3v) is 2.95. The number of hydrogen-bond donors (Lipinski definition) is 1. The van der Waals surface area contributed by atoms with Crippen molar-refractivity contribution in [3.05, 3.63) is 42.2 Å². The van der Waals surface area contributed by atoms with Gasteiger partial charge in [-0.3, -0.25) is 9.59 Å². The normalized spacial score (nSPS) is 10.1. The third kappa shape index (κ3) is 4.34. The highest BCUT2D eigenvalue weighted by Crippen LogP contribution is 2.16. The Labute approximate surface area is 130 Å². The van der Waals surface area contributed by atoms with Gasteiger partial charge >= 0.3 is 0 Å². The monoisotopic (exact) mass is 316 g/mol. The minimum atomic E-state index is -0.558. The maximum atomic E-state index is 13.0. The number of carbonyl (C=O) groups excluding carboxylic acids is 2. The molecule has 2 rings (SSSR count). The van der Waals surface area contributed by atoms with Gasteiger partial charge in [-0.05, 0) is 24.3 Å². The quantitative estimate of drug-likeness (QED) is 0.816. The van der Waals surface area contributed by atoms with Crippen molar-refractivity contribution in [3.8, 4) is 6.07 Å². The van der Waals surface area contributed by atoms with E-state index in [4.69, 9.17) is 11.0 Å². The number of primary amides is 1. The van der Waals surface area contributed by atoms with Crippen LogP contribution >= 0.6 is 0 Å². The van der Waals surface area contributed by atoms with Crippen molar-refractivity contribution >= 4 is 17.5 Å². The minimum absolute atomic E-state index is 0.0378. The van der Waals surface area contributed by atoms with E-state index in [0.29, 0.717) is 5.69 Å². The Morgan fingerprint density at radius 1 is 1.35 bits per heavy atom. The van der Waals surface area contributed by atoms with E-state index >= 15 is 0 Å². The van der Waals surface area contributed by atoms with E-state index in [1.807, 2.05) is 0 Å². The number of nitriles is 1. The summed E-state index contributed by atoms with van der Waals surface area (Å²) in [6.45, 7) is -0.121. The van der Waals surface area contributed by atoms with Crippen LogP contribution in [-0.2, 0) is 16.1 Å². The largest absolute Gasteiger partial charge is 0.370 e. The molecule has 1 heterocycles. The summed E-state index contributed by atoms with van der Waals surface area (Å²) in [5.74, 6) is -1.45. The Kier molecular flexibility index (Phi) is 4.99. The van der Waals surface area contributed by atoms with Crippen LogP contribution in [0.5, 0.6) is 0 Å². The number of aromatic nitrogens is 3. The van der Waals surface area contributed by atoms with Crippen molar-refractivity contribution in [2.45, 2.75) is 13.0 Å². The second-order valence-corrected chi connectivity index (χ2v) is 4.62. The van der Waals surface area contributed by atoms with Crippen molar-refractivity contribution in [2.75, 3.05) is 11.4 Å². The van der Waals surface area contributed by atoms with E-state index in [2.05, 4.69) is 10.1 Å². The number of anilines is 1. The van der Waals surface area contributed by atoms with Crippen LogP contribution in [0.4, 0.5) is 10.1 Å². The SMILES string of the molecule is N#Cc1ncn(CC(=O)N(CCC(N)=O)c2ccc(F)cc2)n1. The summed E-state index contributed by atoms with van der Waals surface area (Å²) < 4.78 is 14.2. The van der Waals surface area contributed by atoms with Crippen molar-refractivity contribution in [3.63, 3.8) is 0 Å². The van der Waals surface area contributed by atoms with Crippen molar-refractivity contribution in [1.29, 1.82) is 5.26 Å². The first kappa shape index (κ1) is 16.1. The standard InChI is InChI=1S/C14H13FN6O2/c15-10-1-3-11(4-2-10)21(6-5-12(17)22)14(23)8-20-9-18-13(7-16)19-20/h1-4,9H,5-6,8H2,(H2,17,22). The van der Waals surface area contributed by atoms with E-state index in [1.165, 1.54) is 40.2 Å². The average Bonchev–Trinajstić information content (AvgIpc) is 2.96. The summed E-state index contributed by atoms with van der Waals surface area (Å²) in [5.41, 5.74) is 5.55. The van der Waals surface area contributed by atoms with Gasteiger partial charge in [0.1, 0.15) is 24.8 Å². The molecule has 0 bridgehead atoms. The molecule has 0 aliphatic rings. The van der Waals surface area contributed by atoms with Gasteiger partial charge in [-0.25, -0.2) is 14.1 Å². The van der Waals surface area contributed by atoms with Crippen molar-refractivity contribution in [1.82, 2.24) is 14.8 Å². The molecule has 2 N–H and O–H groups in total. The van der Waals surface area contributed by atoms with Crippen LogP contribution in [0.15, 0.2) is 30.6 Å². The van der Waals surface area contributed by atoms with Crippen LogP contribution < -0.4 is 10.6 Å². The first-order chi connectivity index (χ1) is 11.0. The van der Waals surface area contributed by atoms with E-state index in [1.54, 1.807) is 6.07 Å². The van der Waals surface area contributed by atoms with Gasteiger partial charge in [-0.1, -0.05) is 0 Å². The predicted octanol–water partition coefficient (Wildman–Crippen LogP) is 0.197. The first-order valence-electron chi connectivity index (χ1n) is 6.63. The van der Waals surface area contributed by atoms with Gasteiger partial charge in [0, 0.05) is 18.7 Å². The predicted molar refractivity (Wildman–Crippen MR) is 77.3 cm³/mol. The second-order valence-electron chi connectivity index (χ2n) is 4.62. The number of nitrogens with two attached hydrogens (primary N) is 1. The third-order valence-electron chi connectivity index (χ3n) is 2.95. The van der Waals surface area contributed by atoms with Gasteiger partial charge in [-0.2, -0.15) is 5.26 Å². The van der Waals surface area contributed by atoms with Gasteiger partial charge in [0.05, 0.1) is 0 Å². The Morgan fingerprint density at radius 3 is 2.61 bits per heavy atom. The molecule has 0 unspecified atom stereocenters. The molecule has 23 heavy (non-hydrogen) atoms. The fourth-order valence-corrected chi connectivity index (χ4v) is 1.89. The lowest BCUT2D eigenvalue weighted by Gasteiger charge is -2.22. The number of benzene rings is 1. The molecule has 1 aromatic carbocycles. The number of halogens is 1. The Balaban J connectivity index is 2.18. The molecule has 8 nitrogen and oxygen atoms in total. The van der Waals surface area contributed by atoms with Crippen LogP contribution in [0.25, 0.3) is 0 Å². The summed E-state index contributed by atoms with van der Waals surface area (Å²) in [6, 6.07) is 7.03. The molecule has 1 aromatic heterocycles. The van der Waals surface area contributed by atoms with Crippen LogP contribution in [0.3, 0.4) is 0 Å². The smallest absolute Gasteiger partial charge is 0.252 e. The molecule has 0 fully saturated rings. The molecule has 0 aliphatic carbocycles. The molecule has 118 valence electrons. The van der Waals surface area contributed by atoms with Gasteiger partial charge in [-0.15, -0.1) is 5.10 Å². The summed E-state index contributed by atoms with van der Waals surface area (Å²) in [4.78, 5) is 28.4. The Bertz CT molecular complexity index is 749. The topological polar surface area (TPSA) is 118 Å². The fourth-order valence-electron chi connectivity index (χ4n) is 1.89. The fraction of sp³-hybridized carbons (Fsp3) is 0.214. The van der Waals surface area contributed by atoms with Gasteiger partial charge < -0.3 is 10.6 Å². The van der Waals surface area contributed by atoms with E-state index in [9.17, 15) is 14.0 Å². The molecule has 9 heteroatoms. The van der Waals surface area contributed by atoms with Gasteiger partial charge in [0.25, 0.3) is 5.82 Å². The first-order valence-corrected chi connectivity index (χ1v) is 6.63. The molecule has 0 saturated carbocycles. The van der Waals surface area contributed by atoms with Crippen LogP contribution in [-0.4, -0.2) is 33.1 Å². The molecule has 2 amide bonds. The maximum absolute atomic E-state index is 13.0. The molecule has 0 saturated heterocycles. The average molecular weight is 316 g/mol. The zero-order chi connectivity index (χ0) is 16.8. The van der Waals surface area contributed by atoms with E-state index in [0.717, 1.165) is 0 Å². The molecule has 0 radical (unpaired) electrons. The Hall–Kier alpha value is -3.28. The summed E-state index contributed by atoms with van der Waals surface area (Å²) in [6.07, 6.45) is 1.22. The number of hydrogen-bond acceptors (Lipinski definition) is 5. The zero-order valence-corrected chi connectivity index (χ0v) is 12.0. The van der Waals surface area contributed by atoms with Crippen LogP contribution in [0.2, 0.25) is 0 Å². The lowest BCUT2D eigenvalue weighted by Crippen LogP contribution is -2.36. The van der Waals surface area contributed by atoms with E-state index < -0.39 is 17.6 Å². The van der Waals surface area contributed by atoms with Crippen molar-refractivity contribution in [2.24, 2.45) is 5.73 Å². The number of carbonyl (C=O) groups is 2. The van der Waals surface area contributed by atoms with Crippen LogP contribution in [0.1, 0.15) is 12.2 Å². The highest BCUT2D eigenvalue weighted by molar-refractivity contribution is 5.93. The molecule has 0 atom stereocenters. The highest BCUT2D eigenvalue weighted by Gasteiger charge is 2.18. The maximum Gasteiger partial charge on any atom is 0.252 e. The minimum Gasteiger partial charge on any atom is -0.370 e. The zero-order valence-electron chi connectivity index (χ0n) is 12.0. The number of rotatable bonds is 6. The van der Waals surface area contributed by atoms with E-state index in [-0.39, 0.29) is 25.3 Å². The van der Waals surface area contributed by atoms with Crippen LogP contribution in [0, 0.1) is 17.1 Å². The lowest BCUT2D eigenvalue weighted by molar-refractivity contribution is -0.119. The second kappa shape index (κ2) is 7.13. The number of amides is 2. The Morgan fingerprint density at radius 2 is 2.04 bits per heavy atom. The summed E-state index contributed by atoms with van der Waals surface area (Å²) in [5, 5.41) is 12.5. The molecular weight excluding hydrogens is 303 g/mol. The molecule has 2 aromatic rings. The highest BCUT2D eigenvalue weighted by atomic mass is 19.1. The molecule has 0 spiro atoms. The number of nitrogens with zero attached hydrogens (tertiary/aromatic N) is 5. The van der Waals surface area contributed by atoms with Gasteiger partial charge in [0.2, 0.25) is 11.8 Å². The molecule has 0 aliphatic heterocycles. The summed E-state index contributed by atoms with van der Waals surface area (Å²) in [7, 11) is 0. The summed E-state index contributed by atoms with van der Waals surface area (Å²) >= 11 is 0. The van der Waals surface area contributed by atoms with Crippen molar-refractivity contribution < 1.29 is 14.0 Å². The molecular formula is C14H13FN6O2.